The zero-order chi connectivity index (χ0) is 14.5. The van der Waals surface area contributed by atoms with Gasteiger partial charge < -0.3 is 0 Å². The molecule has 1 aromatic carbocycles. The number of anilines is 1. The summed E-state index contributed by atoms with van der Waals surface area (Å²) in [4.78, 5) is 28.9. The summed E-state index contributed by atoms with van der Waals surface area (Å²) in [6, 6.07) is 7.17. The number of hydrogen-bond acceptors (Lipinski definition) is 3. The van der Waals surface area contributed by atoms with Crippen molar-refractivity contribution in [2.75, 3.05) is 5.32 Å². The molecule has 1 N–H and O–H groups in total. The van der Waals surface area contributed by atoms with Crippen LogP contribution in [0.5, 0.6) is 0 Å². The van der Waals surface area contributed by atoms with Crippen LogP contribution in [0.3, 0.4) is 0 Å². The molecule has 0 saturated carbocycles. The van der Waals surface area contributed by atoms with Crippen molar-refractivity contribution in [1.29, 1.82) is 0 Å². The van der Waals surface area contributed by atoms with Crippen LogP contribution in [0.25, 0.3) is 0 Å². The summed E-state index contributed by atoms with van der Waals surface area (Å²) in [6.45, 7) is 0. The van der Waals surface area contributed by atoms with Crippen LogP contribution in [0, 0.1) is 0 Å². The number of carbonyl (C=O) groups excluding carboxylic acids is 2. The Bertz CT molecular complexity index is 492. The normalized spacial score (nSPS) is 11.4. The maximum atomic E-state index is 11.6. The maximum absolute atomic E-state index is 11.6. The van der Waals surface area contributed by atoms with Crippen molar-refractivity contribution in [2.24, 2.45) is 0 Å². The monoisotopic (exact) mass is 433 g/mol. The molecule has 19 heavy (non-hydrogen) atoms. The average Bonchev–Trinajstić information content (AvgIpc) is 2.27. The minimum atomic E-state index is -2.60. The second-order valence-corrected chi connectivity index (χ2v) is 18.4. The Morgan fingerprint density at radius 2 is 1.74 bits per heavy atom. The Morgan fingerprint density at radius 3 is 2.26 bits per heavy atom. The number of amides is 1. The number of benzene rings is 1. The Balaban J connectivity index is 2.51. The number of nitrogens with one attached hydrogen (secondary N) is 1. The van der Waals surface area contributed by atoms with E-state index in [4.69, 9.17) is 3.07 Å². The third-order valence-corrected chi connectivity index (χ3v) is 4.74. The third kappa shape index (κ3) is 7.37. The van der Waals surface area contributed by atoms with Crippen LogP contribution >= 0.6 is 15.9 Å². The van der Waals surface area contributed by atoms with E-state index in [1.165, 1.54) is 6.08 Å². The van der Waals surface area contributed by atoms with Crippen LogP contribution in [0.15, 0.2) is 40.9 Å². The molecule has 0 bridgehead atoms. The van der Waals surface area contributed by atoms with Crippen molar-refractivity contribution in [2.45, 2.75) is 14.8 Å². The van der Waals surface area contributed by atoms with E-state index in [0.717, 1.165) is 10.5 Å². The number of halogens is 1. The summed E-state index contributed by atoms with van der Waals surface area (Å²) in [5, 5.41) is 2.65. The van der Waals surface area contributed by atoms with Gasteiger partial charge in [0.2, 0.25) is 0 Å². The van der Waals surface area contributed by atoms with Crippen LogP contribution in [0.2, 0.25) is 14.8 Å². The molecule has 0 aliphatic heterocycles. The number of hydrogen-bond donors (Lipinski definition) is 1. The molecule has 1 aromatic rings. The van der Waals surface area contributed by atoms with Crippen molar-refractivity contribution >= 4 is 52.3 Å². The predicted octanol–water partition coefficient (Wildman–Crippen LogP) is 3.32. The molecular weight excluding hydrogens is 417 g/mol. The summed E-state index contributed by atoms with van der Waals surface area (Å²) in [5.41, 5.74) is 0.668. The molecule has 1 amide bonds. The topological polar surface area (TPSA) is 55.4 Å². The molecular formula is C13H16BrNO3Sn. The van der Waals surface area contributed by atoms with Gasteiger partial charge in [-0.3, -0.25) is 0 Å². The molecule has 0 saturated heterocycles. The molecule has 0 spiro atoms. The molecule has 4 nitrogen and oxygen atoms in total. The van der Waals surface area contributed by atoms with Gasteiger partial charge in [-0.2, -0.15) is 0 Å². The van der Waals surface area contributed by atoms with Crippen molar-refractivity contribution in [3.8, 4) is 0 Å². The van der Waals surface area contributed by atoms with E-state index in [0.29, 0.717) is 5.69 Å². The molecule has 0 aliphatic rings. The van der Waals surface area contributed by atoms with Gasteiger partial charge in [-0.25, -0.2) is 0 Å². The minimum absolute atomic E-state index is 0.358. The van der Waals surface area contributed by atoms with Crippen LogP contribution < -0.4 is 5.32 Å². The molecule has 0 radical (unpaired) electrons. The van der Waals surface area contributed by atoms with E-state index in [2.05, 4.69) is 21.2 Å². The zero-order valence-electron chi connectivity index (χ0n) is 11.1. The first-order valence-corrected chi connectivity index (χ1v) is 16.3. The van der Waals surface area contributed by atoms with Gasteiger partial charge in [0.05, 0.1) is 0 Å². The summed E-state index contributed by atoms with van der Waals surface area (Å²) in [7, 11) is 0. The molecule has 0 fully saturated rings. The molecule has 0 atom stereocenters. The summed E-state index contributed by atoms with van der Waals surface area (Å²) >= 11 is 0.708. The second-order valence-electron chi connectivity index (χ2n) is 4.86. The average molecular weight is 433 g/mol. The van der Waals surface area contributed by atoms with Gasteiger partial charge in [0.15, 0.2) is 0 Å². The SMILES string of the molecule is [CH3][Sn]([CH3])([CH3])[O]C(=O)/C=C/C(=O)Nc1ccc(Br)cc1. The van der Waals surface area contributed by atoms with E-state index in [1.54, 1.807) is 12.1 Å². The van der Waals surface area contributed by atoms with Crippen molar-refractivity contribution in [1.82, 2.24) is 0 Å². The van der Waals surface area contributed by atoms with E-state index in [-0.39, 0.29) is 5.91 Å². The Labute approximate surface area is 125 Å². The van der Waals surface area contributed by atoms with Gasteiger partial charge in [-0.05, 0) is 0 Å². The first kappa shape index (κ1) is 16.2. The van der Waals surface area contributed by atoms with Gasteiger partial charge in [0.25, 0.3) is 0 Å². The van der Waals surface area contributed by atoms with Crippen LogP contribution in [-0.2, 0) is 12.7 Å². The second kappa shape index (κ2) is 7.09. The summed E-state index contributed by atoms with van der Waals surface area (Å²) in [5.74, 6) is -0.808. The summed E-state index contributed by atoms with van der Waals surface area (Å²) < 4.78 is 6.18. The van der Waals surface area contributed by atoms with Crippen LogP contribution in [0.1, 0.15) is 0 Å². The predicted molar refractivity (Wildman–Crippen MR) is 81.3 cm³/mol. The van der Waals surface area contributed by atoms with Gasteiger partial charge in [-0.1, -0.05) is 0 Å². The number of rotatable bonds is 4. The molecule has 1 rings (SSSR count). The molecule has 0 unspecified atom stereocenters. The van der Waals surface area contributed by atoms with E-state index >= 15 is 0 Å². The molecule has 0 aromatic heterocycles. The first-order valence-electron chi connectivity index (χ1n) is 5.74. The van der Waals surface area contributed by atoms with Gasteiger partial charge in [0.1, 0.15) is 0 Å². The molecule has 102 valence electrons. The molecule has 0 aliphatic carbocycles. The fraction of sp³-hybridized carbons (Fsp3) is 0.231. The molecule has 0 heterocycles. The Kier molecular flexibility index (Phi) is 6.06. The van der Waals surface area contributed by atoms with Gasteiger partial charge >= 0.3 is 126 Å². The van der Waals surface area contributed by atoms with Crippen molar-refractivity contribution in [3.05, 3.63) is 40.9 Å². The standard InChI is InChI=1S/C10H8BrNO3.3CH3.Sn/c11-7-1-3-8(4-2-7)12-9(13)5-6-10(14)15;;;;/h1-6H,(H,12,13)(H,14,15);3*1H3;/q;;;;+1/p-1/b6-5+;;;;. The van der Waals surface area contributed by atoms with Crippen LogP contribution in [-0.4, -0.2) is 30.7 Å². The Hall–Kier alpha value is -0.821. The quantitative estimate of drug-likeness (QED) is 0.586. The summed E-state index contributed by atoms with van der Waals surface area (Å²) in [6.07, 6.45) is 2.35. The van der Waals surface area contributed by atoms with E-state index in [1.807, 2.05) is 27.0 Å². The van der Waals surface area contributed by atoms with Gasteiger partial charge in [0, 0.05) is 0 Å². The third-order valence-electron chi connectivity index (χ3n) is 1.89. The van der Waals surface area contributed by atoms with Crippen molar-refractivity contribution in [3.63, 3.8) is 0 Å². The number of carbonyl (C=O) groups is 2. The Morgan fingerprint density at radius 1 is 1.16 bits per heavy atom. The van der Waals surface area contributed by atoms with Crippen molar-refractivity contribution < 1.29 is 12.7 Å². The van der Waals surface area contributed by atoms with E-state index in [9.17, 15) is 9.59 Å². The first-order chi connectivity index (χ1) is 8.76. The fourth-order valence-corrected chi connectivity index (χ4v) is 3.38. The fourth-order valence-electron chi connectivity index (χ4n) is 1.20. The van der Waals surface area contributed by atoms with Crippen LogP contribution in [0.4, 0.5) is 5.69 Å². The van der Waals surface area contributed by atoms with Gasteiger partial charge in [-0.15, -0.1) is 0 Å². The molecule has 6 heteroatoms. The zero-order valence-corrected chi connectivity index (χ0v) is 15.5. The van der Waals surface area contributed by atoms with E-state index < -0.39 is 24.8 Å².